The van der Waals surface area contributed by atoms with Gasteiger partial charge in [0.1, 0.15) is 10.8 Å². The number of nitrogens with zero attached hydrogens (tertiary/aromatic N) is 1. The summed E-state index contributed by atoms with van der Waals surface area (Å²) in [6, 6.07) is 8.23. The number of nitrogen functional groups attached to an aromatic ring is 1. The van der Waals surface area contributed by atoms with Gasteiger partial charge in [0.05, 0.1) is 6.61 Å². The molecule has 2 rings (SSSR count). The summed E-state index contributed by atoms with van der Waals surface area (Å²) >= 11 is 1.40. The minimum atomic E-state index is 0.604. The molecule has 18 heavy (non-hydrogen) atoms. The molecule has 0 unspecified atom stereocenters. The van der Waals surface area contributed by atoms with Gasteiger partial charge in [0.2, 0.25) is 0 Å². The van der Waals surface area contributed by atoms with Crippen LogP contribution in [0.5, 0.6) is 0 Å². The highest BCUT2D eigenvalue weighted by molar-refractivity contribution is 7.10. The van der Waals surface area contributed by atoms with Crippen LogP contribution in [0.15, 0.2) is 24.3 Å². The van der Waals surface area contributed by atoms with E-state index in [1.807, 2.05) is 19.1 Å². The predicted molar refractivity (Wildman–Crippen MR) is 75.7 cm³/mol. The Morgan fingerprint density at radius 1 is 1.33 bits per heavy atom. The second-order valence-corrected chi connectivity index (χ2v) is 4.85. The van der Waals surface area contributed by atoms with E-state index in [0.717, 1.165) is 17.1 Å². The molecule has 0 saturated heterocycles. The number of benzene rings is 1. The van der Waals surface area contributed by atoms with Gasteiger partial charge < -0.3 is 15.8 Å². The van der Waals surface area contributed by atoms with Crippen molar-refractivity contribution < 1.29 is 4.74 Å². The Kier molecular flexibility index (Phi) is 4.17. The molecule has 1 aromatic carbocycles. The Morgan fingerprint density at radius 3 is 2.67 bits per heavy atom. The molecular weight excluding hydrogens is 246 g/mol. The third-order valence-electron chi connectivity index (χ3n) is 2.82. The minimum Gasteiger partial charge on any atom is -0.383 e. The molecular formula is C13H17N3OS. The molecule has 96 valence electrons. The van der Waals surface area contributed by atoms with Gasteiger partial charge in [0, 0.05) is 19.2 Å². The van der Waals surface area contributed by atoms with Crippen molar-refractivity contribution in [3.63, 3.8) is 0 Å². The summed E-state index contributed by atoms with van der Waals surface area (Å²) in [7, 11) is 1.71. The van der Waals surface area contributed by atoms with Crippen LogP contribution in [0.25, 0.3) is 0 Å². The van der Waals surface area contributed by atoms with Crippen molar-refractivity contribution >= 4 is 22.4 Å². The zero-order valence-electron chi connectivity index (χ0n) is 10.6. The van der Waals surface area contributed by atoms with Gasteiger partial charge in [-0.15, -0.1) is 0 Å². The van der Waals surface area contributed by atoms with Gasteiger partial charge in [-0.3, -0.25) is 0 Å². The van der Waals surface area contributed by atoms with E-state index >= 15 is 0 Å². The molecule has 0 radical (unpaired) electrons. The van der Waals surface area contributed by atoms with Crippen LogP contribution in [-0.2, 0) is 17.9 Å². The molecule has 0 aliphatic carbocycles. The molecule has 0 atom stereocenters. The first kappa shape index (κ1) is 12.9. The fourth-order valence-electron chi connectivity index (χ4n) is 1.71. The Labute approximate surface area is 111 Å². The first-order chi connectivity index (χ1) is 8.72. The van der Waals surface area contributed by atoms with Crippen LogP contribution >= 0.6 is 11.5 Å². The zero-order chi connectivity index (χ0) is 13.0. The standard InChI is InChI=1S/C13H17N3OS/c1-9-12(14)16-18-13(9)15-7-10-5-3-4-6-11(10)8-17-2/h3-6,15H,7-8H2,1-2H3,(H2,14,16). The molecule has 0 spiro atoms. The lowest BCUT2D eigenvalue weighted by molar-refractivity contribution is 0.184. The van der Waals surface area contributed by atoms with Crippen LogP contribution in [0, 0.1) is 6.92 Å². The lowest BCUT2D eigenvalue weighted by Crippen LogP contribution is -2.03. The van der Waals surface area contributed by atoms with Crippen LogP contribution in [0.4, 0.5) is 10.8 Å². The molecule has 0 aliphatic heterocycles. The SMILES string of the molecule is COCc1ccccc1CNc1snc(N)c1C. The Hall–Kier alpha value is -1.59. The maximum atomic E-state index is 5.73. The van der Waals surface area contributed by atoms with E-state index in [0.29, 0.717) is 12.4 Å². The number of methoxy groups -OCH3 is 1. The van der Waals surface area contributed by atoms with E-state index < -0.39 is 0 Å². The highest BCUT2D eigenvalue weighted by atomic mass is 32.1. The van der Waals surface area contributed by atoms with Crippen molar-refractivity contribution in [3.8, 4) is 0 Å². The summed E-state index contributed by atoms with van der Waals surface area (Å²) < 4.78 is 9.31. The Bertz CT molecular complexity index is 525. The molecule has 1 aromatic heterocycles. The highest BCUT2D eigenvalue weighted by Gasteiger charge is 2.07. The first-order valence-electron chi connectivity index (χ1n) is 5.73. The number of ether oxygens (including phenoxy) is 1. The minimum absolute atomic E-state index is 0.604. The van der Waals surface area contributed by atoms with Gasteiger partial charge in [-0.05, 0) is 29.6 Å². The first-order valence-corrected chi connectivity index (χ1v) is 6.51. The monoisotopic (exact) mass is 263 g/mol. The Morgan fingerprint density at radius 2 is 2.06 bits per heavy atom. The van der Waals surface area contributed by atoms with Crippen LogP contribution < -0.4 is 11.1 Å². The maximum absolute atomic E-state index is 5.73. The van der Waals surface area contributed by atoms with E-state index in [2.05, 4.69) is 21.8 Å². The number of rotatable bonds is 5. The maximum Gasteiger partial charge on any atom is 0.142 e. The molecule has 0 amide bonds. The molecule has 0 saturated carbocycles. The van der Waals surface area contributed by atoms with Gasteiger partial charge in [0.25, 0.3) is 0 Å². The second kappa shape index (κ2) is 5.84. The molecule has 0 bridgehead atoms. The summed E-state index contributed by atoms with van der Waals surface area (Å²) in [6.07, 6.45) is 0. The lowest BCUT2D eigenvalue weighted by atomic mass is 10.1. The predicted octanol–water partition coefficient (Wildman–Crippen LogP) is 2.79. The summed E-state index contributed by atoms with van der Waals surface area (Å²) in [6.45, 7) is 3.35. The molecule has 0 fully saturated rings. The van der Waals surface area contributed by atoms with E-state index in [-0.39, 0.29) is 0 Å². The molecule has 5 heteroatoms. The van der Waals surface area contributed by atoms with Gasteiger partial charge in [-0.25, -0.2) is 0 Å². The fraction of sp³-hybridized carbons (Fsp3) is 0.308. The number of hydrogen-bond donors (Lipinski definition) is 2. The molecule has 3 N–H and O–H groups in total. The van der Waals surface area contributed by atoms with Crippen molar-refractivity contribution in [3.05, 3.63) is 41.0 Å². The summed E-state index contributed by atoms with van der Waals surface area (Å²) in [4.78, 5) is 0. The summed E-state index contributed by atoms with van der Waals surface area (Å²) in [5.41, 5.74) is 9.17. The van der Waals surface area contributed by atoms with Gasteiger partial charge in [-0.1, -0.05) is 24.3 Å². The van der Waals surface area contributed by atoms with Crippen molar-refractivity contribution in [2.24, 2.45) is 0 Å². The number of hydrogen-bond acceptors (Lipinski definition) is 5. The van der Waals surface area contributed by atoms with Gasteiger partial charge >= 0.3 is 0 Å². The summed E-state index contributed by atoms with van der Waals surface area (Å²) in [5, 5.41) is 4.40. The number of aromatic nitrogens is 1. The zero-order valence-corrected chi connectivity index (χ0v) is 11.4. The highest BCUT2D eigenvalue weighted by Crippen LogP contribution is 2.26. The van der Waals surface area contributed by atoms with Gasteiger partial charge in [-0.2, -0.15) is 4.37 Å². The largest absolute Gasteiger partial charge is 0.383 e. The van der Waals surface area contributed by atoms with E-state index in [1.54, 1.807) is 7.11 Å². The van der Waals surface area contributed by atoms with E-state index in [4.69, 9.17) is 10.5 Å². The van der Waals surface area contributed by atoms with Crippen LogP contribution in [0.1, 0.15) is 16.7 Å². The third kappa shape index (κ3) is 2.80. The normalized spacial score (nSPS) is 10.6. The van der Waals surface area contributed by atoms with E-state index in [9.17, 15) is 0 Å². The smallest absolute Gasteiger partial charge is 0.142 e. The molecule has 1 heterocycles. The number of nitrogens with one attached hydrogen (secondary N) is 1. The van der Waals surface area contributed by atoms with Gasteiger partial charge in [0.15, 0.2) is 0 Å². The van der Waals surface area contributed by atoms with Crippen molar-refractivity contribution in [1.29, 1.82) is 0 Å². The number of nitrogens with two attached hydrogens (primary N) is 1. The quantitative estimate of drug-likeness (QED) is 0.871. The molecule has 2 aromatic rings. The van der Waals surface area contributed by atoms with Crippen LogP contribution in [-0.4, -0.2) is 11.5 Å². The van der Waals surface area contributed by atoms with Crippen LogP contribution in [0.3, 0.4) is 0 Å². The van der Waals surface area contributed by atoms with Crippen molar-refractivity contribution in [2.45, 2.75) is 20.1 Å². The van der Waals surface area contributed by atoms with Crippen LogP contribution in [0.2, 0.25) is 0 Å². The average molecular weight is 263 g/mol. The molecule has 0 aliphatic rings. The molecule has 4 nitrogen and oxygen atoms in total. The third-order valence-corrected chi connectivity index (χ3v) is 3.74. The Balaban J connectivity index is 2.08. The topological polar surface area (TPSA) is 60.2 Å². The van der Waals surface area contributed by atoms with Crippen molar-refractivity contribution in [2.75, 3.05) is 18.2 Å². The second-order valence-electron chi connectivity index (χ2n) is 4.08. The lowest BCUT2D eigenvalue weighted by Gasteiger charge is -2.10. The number of anilines is 2. The van der Waals surface area contributed by atoms with E-state index in [1.165, 1.54) is 22.7 Å². The average Bonchev–Trinajstić information content (AvgIpc) is 2.70. The van der Waals surface area contributed by atoms with Crippen molar-refractivity contribution in [1.82, 2.24) is 4.37 Å². The summed E-state index contributed by atoms with van der Waals surface area (Å²) in [5.74, 6) is 0.604. The fourth-order valence-corrected chi connectivity index (χ4v) is 2.42.